The highest BCUT2D eigenvalue weighted by Gasteiger charge is 2.21. The smallest absolute Gasteiger partial charge is 0.137 e. The number of nitrogens with zero attached hydrogens (tertiary/aromatic N) is 3. The van der Waals surface area contributed by atoms with Gasteiger partial charge in [-0.2, -0.15) is 0 Å². The number of rotatable bonds is 8. The van der Waals surface area contributed by atoms with Crippen molar-refractivity contribution in [1.29, 1.82) is 0 Å². The van der Waals surface area contributed by atoms with Gasteiger partial charge >= 0.3 is 0 Å². The number of aromatic nitrogens is 2. The molecule has 5 rings (SSSR count). The molecule has 1 fully saturated rings. The second-order valence-electron chi connectivity index (χ2n) is 10.2. The zero-order chi connectivity index (χ0) is 22.8. The Labute approximate surface area is 197 Å². The maximum Gasteiger partial charge on any atom is 0.137 e. The fourth-order valence-corrected chi connectivity index (χ4v) is 5.27. The Balaban J connectivity index is 1.12. The van der Waals surface area contributed by atoms with Crippen LogP contribution in [0.25, 0.3) is 11.3 Å². The summed E-state index contributed by atoms with van der Waals surface area (Å²) in [5.41, 5.74) is 7.24. The molecule has 1 aromatic carbocycles. The van der Waals surface area contributed by atoms with Crippen LogP contribution in [0.4, 0.5) is 0 Å². The largest absolute Gasteiger partial charge is 0.383 e. The van der Waals surface area contributed by atoms with Gasteiger partial charge in [-0.05, 0) is 87.0 Å². The molecule has 0 radical (unpaired) electrons. The van der Waals surface area contributed by atoms with Crippen molar-refractivity contribution in [3.63, 3.8) is 0 Å². The number of benzene rings is 1. The van der Waals surface area contributed by atoms with Gasteiger partial charge in [0.2, 0.25) is 0 Å². The first-order valence-corrected chi connectivity index (χ1v) is 12.5. The number of likely N-dealkylation sites (tertiary alicyclic amines) is 1. The monoisotopic (exact) mass is 443 g/mol. The van der Waals surface area contributed by atoms with Gasteiger partial charge in [0.1, 0.15) is 11.3 Å². The summed E-state index contributed by atoms with van der Waals surface area (Å²) < 4.78 is 2.17. The molecule has 2 N–H and O–H groups in total. The molecule has 3 heterocycles. The van der Waals surface area contributed by atoms with Gasteiger partial charge < -0.3 is 19.9 Å². The van der Waals surface area contributed by atoms with Crippen LogP contribution in [0.3, 0.4) is 0 Å². The van der Waals surface area contributed by atoms with E-state index in [4.69, 9.17) is 4.98 Å². The second-order valence-corrected chi connectivity index (χ2v) is 10.2. The van der Waals surface area contributed by atoms with Crippen LogP contribution in [0.5, 0.6) is 0 Å². The molecule has 3 aromatic rings. The number of fused-ring (bicyclic) bond motifs is 2. The number of hydrogen-bond acceptors (Lipinski definition) is 4. The quantitative estimate of drug-likeness (QED) is 0.550. The molecule has 0 bridgehead atoms. The van der Waals surface area contributed by atoms with E-state index >= 15 is 0 Å². The third-order valence-corrected chi connectivity index (χ3v) is 7.44. The Kier molecular flexibility index (Phi) is 6.52. The molecule has 1 aliphatic carbocycles. The minimum atomic E-state index is 0.513. The first-order chi connectivity index (χ1) is 16.0. The standard InChI is InChI=1S/C28H37N5/c1-20(17-30-26-14-23-6-4-5-7-24(23)15-26)16-29-21(2)27-19-33-18-25(8-9-28(33)31-27)22-10-12-32(3)13-11-22/h4-9,18-20,22,26,29-30H,2,10-17H2,1,3H3. The van der Waals surface area contributed by atoms with Crippen molar-refractivity contribution in [3.05, 3.63) is 77.8 Å². The van der Waals surface area contributed by atoms with Crippen LogP contribution in [0, 0.1) is 5.92 Å². The van der Waals surface area contributed by atoms with Crippen LogP contribution in [-0.2, 0) is 12.8 Å². The summed E-state index contributed by atoms with van der Waals surface area (Å²) in [6.07, 6.45) is 9.13. The van der Waals surface area contributed by atoms with Gasteiger partial charge in [0.15, 0.2) is 0 Å². The Morgan fingerprint density at radius 3 is 2.52 bits per heavy atom. The Morgan fingerprint density at radius 1 is 1.06 bits per heavy atom. The van der Waals surface area contributed by atoms with Crippen LogP contribution < -0.4 is 10.6 Å². The van der Waals surface area contributed by atoms with Crippen molar-refractivity contribution in [2.75, 3.05) is 33.2 Å². The molecule has 1 aliphatic heterocycles. The van der Waals surface area contributed by atoms with Crippen LogP contribution in [0.1, 0.15) is 48.1 Å². The number of pyridine rings is 1. The Hall–Kier alpha value is -2.63. The Bertz CT molecular complexity index is 1080. The van der Waals surface area contributed by atoms with Crippen molar-refractivity contribution in [2.45, 2.75) is 44.6 Å². The number of nitrogens with one attached hydrogen (secondary N) is 2. The van der Waals surface area contributed by atoms with Crippen LogP contribution in [0.2, 0.25) is 0 Å². The van der Waals surface area contributed by atoms with Crippen LogP contribution in [-0.4, -0.2) is 53.6 Å². The van der Waals surface area contributed by atoms with Gasteiger partial charge in [0.25, 0.3) is 0 Å². The van der Waals surface area contributed by atoms with E-state index in [-0.39, 0.29) is 0 Å². The molecule has 0 saturated carbocycles. The predicted octanol–water partition coefficient (Wildman–Crippen LogP) is 4.10. The lowest BCUT2D eigenvalue weighted by molar-refractivity contribution is 0.255. The average Bonchev–Trinajstić information content (AvgIpc) is 3.45. The van der Waals surface area contributed by atoms with Gasteiger partial charge in [0, 0.05) is 25.0 Å². The molecule has 1 saturated heterocycles. The van der Waals surface area contributed by atoms with Gasteiger partial charge in [-0.25, -0.2) is 4.98 Å². The molecule has 1 atom stereocenters. The normalized spacial score (nSPS) is 18.5. The minimum absolute atomic E-state index is 0.513. The molecular weight excluding hydrogens is 406 g/mol. The van der Waals surface area contributed by atoms with Gasteiger partial charge in [-0.15, -0.1) is 0 Å². The lowest BCUT2D eigenvalue weighted by atomic mass is 9.91. The summed E-state index contributed by atoms with van der Waals surface area (Å²) >= 11 is 0. The lowest BCUT2D eigenvalue weighted by Crippen LogP contribution is -2.36. The highest BCUT2D eigenvalue weighted by atomic mass is 15.1. The van der Waals surface area contributed by atoms with E-state index in [0.29, 0.717) is 17.9 Å². The molecule has 5 nitrogen and oxygen atoms in total. The number of imidazole rings is 1. The predicted molar refractivity (Wildman–Crippen MR) is 137 cm³/mol. The van der Waals surface area contributed by atoms with E-state index in [2.05, 4.69) is 89.3 Å². The molecule has 0 spiro atoms. The van der Waals surface area contributed by atoms with E-state index in [1.807, 2.05) is 0 Å². The molecule has 2 aliphatic rings. The molecule has 0 amide bonds. The highest BCUT2D eigenvalue weighted by Crippen LogP contribution is 2.28. The number of piperidine rings is 1. The van der Waals surface area contributed by atoms with Crippen molar-refractivity contribution >= 4 is 11.3 Å². The second kappa shape index (κ2) is 9.70. The number of hydrogen-bond donors (Lipinski definition) is 2. The van der Waals surface area contributed by atoms with Crippen LogP contribution >= 0.6 is 0 Å². The molecule has 33 heavy (non-hydrogen) atoms. The molecule has 5 heteroatoms. The first kappa shape index (κ1) is 22.2. The van der Waals surface area contributed by atoms with E-state index in [9.17, 15) is 0 Å². The fraction of sp³-hybridized carbons (Fsp3) is 0.464. The van der Waals surface area contributed by atoms with Crippen molar-refractivity contribution in [3.8, 4) is 0 Å². The zero-order valence-electron chi connectivity index (χ0n) is 20.1. The first-order valence-electron chi connectivity index (χ1n) is 12.5. The van der Waals surface area contributed by atoms with Crippen molar-refractivity contribution in [1.82, 2.24) is 24.9 Å². The Morgan fingerprint density at radius 2 is 1.79 bits per heavy atom. The lowest BCUT2D eigenvalue weighted by Gasteiger charge is -2.29. The van der Waals surface area contributed by atoms with Crippen molar-refractivity contribution < 1.29 is 0 Å². The van der Waals surface area contributed by atoms with E-state index in [1.54, 1.807) is 0 Å². The molecule has 1 unspecified atom stereocenters. The average molecular weight is 444 g/mol. The van der Waals surface area contributed by atoms with Gasteiger partial charge in [-0.3, -0.25) is 0 Å². The van der Waals surface area contributed by atoms with Crippen molar-refractivity contribution in [2.24, 2.45) is 5.92 Å². The van der Waals surface area contributed by atoms with Crippen LogP contribution in [0.15, 0.2) is 55.4 Å². The van der Waals surface area contributed by atoms with E-state index < -0.39 is 0 Å². The van der Waals surface area contributed by atoms with E-state index in [0.717, 1.165) is 43.0 Å². The van der Waals surface area contributed by atoms with Gasteiger partial charge in [0.05, 0.1) is 5.70 Å². The fourth-order valence-electron chi connectivity index (χ4n) is 5.27. The summed E-state index contributed by atoms with van der Waals surface area (Å²) in [6, 6.07) is 13.8. The summed E-state index contributed by atoms with van der Waals surface area (Å²) in [6.45, 7) is 10.8. The molecular formula is C28H37N5. The van der Waals surface area contributed by atoms with E-state index in [1.165, 1.54) is 42.6 Å². The summed E-state index contributed by atoms with van der Waals surface area (Å²) in [5, 5.41) is 7.28. The topological polar surface area (TPSA) is 44.6 Å². The summed E-state index contributed by atoms with van der Waals surface area (Å²) in [7, 11) is 2.21. The summed E-state index contributed by atoms with van der Waals surface area (Å²) in [5.74, 6) is 1.16. The van der Waals surface area contributed by atoms with Gasteiger partial charge in [-0.1, -0.05) is 43.8 Å². The minimum Gasteiger partial charge on any atom is -0.383 e. The highest BCUT2D eigenvalue weighted by molar-refractivity contribution is 5.61. The third-order valence-electron chi connectivity index (χ3n) is 7.44. The molecule has 2 aromatic heterocycles. The summed E-state index contributed by atoms with van der Waals surface area (Å²) in [4.78, 5) is 7.22. The maximum absolute atomic E-state index is 4.80. The zero-order valence-corrected chi connectivity index (χ0v) is 20.1. The maximum atomic E-state index is 4.80. The molecule has 174 valence electrons. The SMILES string of the molecule is C=C(NCC(C)CNC1Cc2ccccc2C1)c1cn2cc(C3CCN(C)CC3)ccc2n1. The third kappa shape index (κ3) is 5.15.